The molecule has 1 aromatic carbocycles. The number of nitrogens with zero attached hydrogens (tertiary/aromatic N) is 3. The average Bonchev–Trinajstić information content (AvgIpc) is 2.90. The highest BCUT2D eigenvalue weighted by atomic mass is 35.5. The smallest absolute Gasteiger partial charge is 0.404 e. The molecule has 2 heterocycles. The molecule has 0 bridgehead atoms. The molecule has 7 nitrogen and oxygen atoms in total. The summed E-state index contributed by atoms with van der Waals surface area (Å²) in [7, 11) is 0. The third kappa shape index (κ3) is 3.54. The molecule has 0 unspecified atom stereocenters. The van der Waals surface area contributed by atoms with E-state index in [4.69, 9.17) is 28.3 Å². The summed E-state index contributed by atoms with van der Waals surface area (Å²) in [5, 5.41) is 19.6. The Labute approximate surface area is 160 Å². The van der Waals surface area contributed by atoms with Crippen molar-refractivity contribution in [1.82, 2.24) is 19.9 Å². The number of fused-ring (bicyclic) bond motifs is 1. The summed E-state index contributed by atoms with van der Waals surface area (Å²) in [6.45, 7) is 4.45. The van der Waals surface area contributed by atoms with Gasteiger partial charge in [0.1, 0.15) is 5.82 Å². The number of aryl methyl sites for hydroxylation is 2. The molecule has 0 saturated carbocycles. The van der Waals surface area contributed by atoms with Crippen molar-refractivity contribution in [3.8, 4) is 11.1 Å². The number of carbonyl (C=O) groups is 1. The van der Waals surface area contributed by atoms with Crippen LogP contribution in [0.2, 0.25) is 10.0 Å². The van der Waals surface area contributed by atoms with Crippen LogP contribution in [-0.4, -0.2) is 38.9 Å². The van der Waals surface area contributed by atoms with E-state index in [1.165, 1.54) is 0 Å². The summed E-state index contributed by atoms with van der Waals surface area (Å²) in [5.74, 6) is 0.715. The number of halogens is 2. The first-order valence-electron chi connectivity index (χ1n) is 7.90. The van der Waals surface area contributed by atoms with Gasteiger partial charge in [-0.15, -0.1) is 0 Å². The third-order valence-corrected chi connectivity index (χ3v) is 4.64. The molecule has 0 fully saturated rings. The van der Waals surface area contributed by atoms with Crippen molar-refractivity contribution in [3.63, 3.8) is 0 Å². The van der Waals surface area contributed by atoms with Crippen LogP contribution in [0.1, 0.15) is 11.4 Å². The zero-order chi connectivity index (χ0) is 18.8. The second kappa shape index (κ2) is 7.39. The average molecular weight is 394 g/mol. The molecule has 3 aromatic rings. The Balaban J connectivity index is 2.06. The number of anilines is 1. The lowest BCUT2D eigenvalue weighted by atomic mass is 10.1. The van der Waals surface area contributed by atoms with E-state index in [9.17, 15) is 4.79 Å². The summed E-state index contributed by atoms with van der Waals surface area (Å²) < 4.78 is 1.69. The summed E-state index contributed by atoms with van der Waals surface area (Å²) in [5.41, 5.74) is 3.79. The first-order valence-corrected chi connectivity index (χ1v) is 8.66. The fourth-order valence-corrected chi connectivity index (χ4v) is 3.14. The van der Waals surface area contributed by atoms with Gasteiger partial charge in [-0.2, -0.15) is 9.61 Å². The van der Waals surface area contributed by atoms with Crippen LogP contribution in [-0.2, 0) is 0 Å². The second-order valence-corrected chi connectivity index (χ2v) is 6.52. The predicted octanol–water partition coefficient (Wildman–Crippen LogP) is 4.00. The number of benzene rings is 1. The van der Waals surface area contributed by atoms with Crippen LogP contribution in [0.5, 0.6) is 0 Å². The summed E-state index contributed by atoms with van der Waals surface area (Å²) in [6.07, 6.45) is -1.06. The predicted molar refractivity (Wildman–Crippen MR) is 102 cm³/mol. The van der Waals surface area contributed by atoms with Crippen molar-refractivity contribution in [2.45, 2.75) is 13.8 Å². The quantitative estimate of drug-likeness (QED) is 0.569. The van der Waals surface area contributed by atoms with Gasteiger partial charge in [-0.05, 0) is 19.9 Å². The fraction of sp³-hybridized carbons (Fsp3) is 0.235. The molecule has 0 saturated heterocycles. The molecule has 0 aliphatic heterocycles. The standard InChI is InChI=1S/C17H17Cl2N5O2/c1-9-8-13(20-6-7-21-17(25)26)24-16(22-9)14(10(2)23-24)11-4-3-5-12(18)15(11)19/h3-5,8,20-21H,6-7H2,1-2H3,(H,25,26). The van der Waals surface area contributed by atoms with Crippen molar-refractivity contribution in [2.24, 2.45) is 0 Å². The Bertz CT molecular complexity index is 987. The van der Waals surface area contributed by atoms with Gasteiger partial charge in [0.25, 0.3) is 0 Å². The van der Waals surface area contributed by atoms with Crippen molar-refractivity contribution >= 4 is 40.8 Å². The third-order valence-electron chi connectivity index (χ3n) is 3.82. The van der Waals surface area contributed by atoms with Crippen LogP contribution in [0.25, 0.3) is 16.8 Å². The largest absolute Gasteiger partial charge is 0.465 e. The van der Waals surface area contributed by atoms with E-state index in [0.29, 0.717) is 28.1 Å². The molecule has 136 valence electrons. The van der Waals surface area contributed by atoms with E-state index in [2.05, 4.69) is 20.7 Å². The van der Waals surface area contributed by atoms with Crippen molar-refractivity contribution in [2.75, 3.05) is 18.4 Å². The van der Waals surface area contributed by atoms with Crippen molar-refractivity contribution in [3.05, 3.63) is 45.7 Å². The Morgan fingerprint density at radius 1 is 1.27 bits per heavy atom. The summed E-state index contributed by atoms with van der Waals surface area (Å²) in [4.78, 5) is 15.2. The molecule has 3 N–H and O–H groups in total. The minimum absolute atomic E-state index is 0.269. The Hall–Kier alpha value is -2.51. The van der Waals surface area contributed by atoms with E-state index < -0.39 is 6.09 Å². The summed E-state index contributed by atoms with van der Waals surface area (Å²) in [6, 6.07) is 7.30. The molecule has 9 heteroatoms. The lowest BCUT2D eigenvalue weighted by Gasteiger charge is -2.10. The van der Waals surface area contributed by atoms with Crippen LogP contribution < -0.4 is 10.6 Å². The van der Waals surface area contributed by atoms with Gasteiger partial charge in [0.05, 0.1) is 21.3 Å². The van der Waals surface area contributed by atoms with Gasteiger partial charge in [0, 0.05) is 30.4 Å². The number of hydrogen-bond acceptors (Lipinski definition) is 4. The molecular formula is C17H17Cl2N5O2. The SMILES string of the molecule is Cc1cc(NCCNC(=O)O)n2nc(C)c(-c3cccc(Cl)c3Cl)c2n1. The van der Waals surface area contributed by atoms with E-state index in [1.54, 1.807) is 10.6 Å². The first kappa shape index (κ1) is 18.3. The molecule has 0 spiro atoms. The molecule has 2 aromatic heterocycles. The number of nitrogens with one attached hydrogen (secondary N) is 2. The van der Waals surface area contributed by atoms with Crippen LogP contribution in [0, 0.1) is 13.8 Å². The summed E-state index contributed by atoms with van der Waals surface area (Å²) >= 11 is 12.6. The van der Waals surface area contributed by atoms with Crippen molar-refractivity contribution < 1.29 is 9.90 Å². The topological polar surface area (TPSA) is 91.5 Å². The molecule has 0 atom stereocenters. The lowest BCUT2D eigenvalue weighted by molar-refractivity contribution is 0.195. The van der Waals surface area contributed by atoms with Gasteiger partial charge in [-0.1, -0.05) is 35.3 Å². The number of carboxylic acid groups (broad SMARTS) is 1. The molecule has 0 aliphatic carbocycles. The maximum Gasteiger partial charge on any atom is 0.404 e. The molecular weight excluding hydrogens is 377 g/mol. The maximum atomic E-state index is 10.6. The van der Waals surface area contributed by atoms with E-state index in [-0.39, 0.29) is 6.54 Å². The monoisotopic (exact) mass is 393 g/mol. The highest BCUT2D eigenvalue weighted by Crippen LogP contribution is 2.37. The Morgan fingerprint density at radius 2 is 2.04 bits per heavy atom. The second-order valence-electron chi connectivity index (χ2n) is 5.74. The van der Waals surface area contributed by atoms with E-state index >= 15 is 0 Å². The van der Waals surface area contributed by atoms with Crippen LogP contribution in [0.4, 0.5) is 10.6 Å². The van der Waals surface area contributed by atoms with E-state index in [0.717, 1.165) is 22.5 Å². The zero-order valence-electron chi connectivity index (χ0n) is 14.2. The number of hydrogen-bond donors (Lipinski definition) is 3. The Morgan fingerprint density at radius 3 is 2.77 bits per heavy atom. The van der Waals surface area contributed by atoms with E-state index in [1.807, 2.05) is 32.0 Å². The first-order chi connectivity index (χ1) is 12.4. The zero-order valence-corrected chi connectivity index (χ0v) is 15.7. The van der Waals surface area contributed by atoms with Gasteiger partial charge in [0.2, 0.25) is 0 Å². The van der Waals surface area contributed by atoms with Crippen LogP contribution in [0.15, 0.2) is 24.3 Å². The maximum absolute atomic E-state index is 10.6. The van der Waals surface area contributed by atoms with Crippen LogP contribution >= 0.6 is 23.2 Å². The molecule has 3 rings (SSSR count). The van der Waals surface area contributed by atoms with Gasteiger partial charge in [0.15, 0.2) is 5.65 Å². The molecule has 26 heavy (non-hydrogen) atoms. The number of rotatable bonds is 5. The van der Waals surface area contributed by atoms with Crippen LogP contribution in [0.3, 0.4) is 0 Å². The minimum atomic E-state index is -1.06. The number of amides is 1. The van der Waals surface area contributed by atoms with Gasteiger partial charge in [-0.25, -0.2) is 9.78 Å². The molecule has 0 radical (unpaired) electrons. The normalized spacial score (nSPS) is 10.9. The van der Waals surface area contributed by atoms with Gasteiger partial charge in [-0.3, -0.25) is 0 Å². The highest BCUT2D eigenvalue weighted by Gasteiger charge is 2.19. The molecule has 0 aliphatic rings. The molecule has 1 amide bonds. The van der Waals surface area contributed by atoms with Gasteiger partial charge >= 0.3 is 6.09 Å². The highest BCUT2D eigenvalue weighted by molar-refractivity contribution is 6.43. The van der Waals surface area contributed by atoms with Crippen molar-refractivity contribution in [1.29, 1.82) is 0 Å². The van der Waals surface area contributed by atoms with Gasteiger partial charge < -0.3 is 15.7 Å². The number of aromatic nitrogens is 3. The fourth-order valence-electron chi connectivity index (χ4n) is 2.74. The Kier molecular flexibility index (Phi) is 5.20. The minimum Gasteiger partial charge on any atom is -0.465 e. The lowest BCUT2D eigenvalue weighted by Crippen LogP contribution is -2.27.